The van der Waals surface area contributed by atoms with Gasteiger partial charge >= 0.3 is 0 Å². The second kappa shape index (κ2) is 7.21. The van der Waals surface area contributed by atoms with E-state index in [0.29, 0.717) is 15.9 Å². The largest absolute Gasteiger partial charge is 0.369 e. The van der Waals surface area contributed by atoms with Gasteiger partial charge < -0.3 is 5.32 Å². The second-order valence-corrected chi connectivity index (χ2v) is 4.75. The minimum absolute atomic E-state index is 0.280. The van der Waals surface area contributed by atoms with E-state index in [0.717, 1.165) is 13.0 Å². The summed E-state index contributed by atoms with van der Waals surface area (Å²) in [5.74, 6) is 0.604. The summed E-state index contributed by atoms with van der Waals surface area (Å²) in [7, 11) is 0. The van der Waals surface area contributed by atoms with Crippen LogP contribution in [0.25, 0.3) is 0 Å². The van der Waals surface area contributed by atoms with Crippen LogP contribution < -0.4 is 5.32 Å². The summed E-state index contributed by atoms with van der Waals surface area (Å²) in [5, 5.41) is 4.32. The lowest BCUT2D eigenvalue weighted by Crippen LogP contribution is -2.04. The molecule has 0 amide bonds. The van der Waals surface area contributed by atoms with Gasteiger partial charge in [-0.05, 0) is 12.5 Å². The van der Waals surface area contributed by atoms with Gasteiger partial charge in [-0.15, -0.1) is 0 Å². The van der Waals surface area contributed by atoms with E-state index < -0.39 is 0 Å². The number of halogens is 3. The van der Waals surface area contributed by atoms with Crippen molar-refractivity contribution >= 4 is 40.6 Å². The molecular formula is C11H15Cl3N2. The average molecular weight is 282 g/mol. The van der Waals surface area contributed by atoms with Gasteiger partial charge in [0.2, 0.25) is 0 Å². The molecule has 0 atom stereocenters. The average Bonchev–Trinajstić information content (AvgIpc) is 2.25. The summed E-state index contributed by atoms with van der Waals surface area (Å²) in [5.41, 5.74) is 0. The molecule has 0 saturated heterocycles. The fourth-order valence-corrected chi connectivity index (χ4v) is 1.89. The van der Waals surface area contributed by atoms with Crippen LogP contribution in [0.1, 0.15) is 32.6 Å². The third-order valence-electron chi connectivity index (χ3n) is 2.21. The molecule has 5 heteroatoms. The van der Waals surface area contributed by atoms with Crippen LogP contribution in [-0.4, -0.2) is 11.5 Å². The number of hydrogen-bond acceptors (Lipinski definition) is 2. The molecule has 0 radical (unpaired) electrons. The van der Waals surface area contributed by atoms with Crippen molar-refractivity contribution in [3.63, 3.8) is 0 Å². The number of hydrogen-bond donors (Lipinski definition) is 1. The van der Waals surface area contributed by atoms with E-state index in [1.165, 1.54) is 19.3 Å². The molecule has 16 heavy (non-hydrogen) atoms. The van der Waals surface area contributed by atoms with Crippen LogP contribution in [-0.2, 0) is 0 Å². The maximum Gasteiger partial charge on any atom is 0.150 e. The van der Waals surface area contributed by atoms with E-state index in [2.05, 4.69) is 17.2 Å². The summed E-state index contributed by atoms with van der Waals surface area (Å²) >= 11 is 17.6. The third kappa shape index (κ3) is 4.36. The minimum Gasteiger partial charge on any atom is -0.369 e. The maximum absolute atomic E-state index is 5.97. The second-order valence-electron chi connectivity index (χ2n) is 3.58. The SMILES string of the molecule is CCCCCCNc1nc(Cl)c(Cl)cc1Cl. The Morgan fingerprint density at radius 3 is 2.56 bits per heavy atom. The van der Waals surface area contributed by atoms with Gasteiger partial charge in [0.1, 0.15) is 11.0 Å². The zero-order valence-corrected chi connectivity index (χ0v) is 11.5. The van der Waals surface area contributed by atoms with E-state index in [9.17, 15) is 0 Å². The number of anilines is 1. The molecule has 1 heterocycles. The molecule has 0 aliphatic carbocycles. The predicted molar refractivity (Wildman–Crippen MR) is 71.9 cm³/mol. The summed E-state index contributed by atoms with van der Waals surface area (Å²) in [4.78, 5) is 4.08. The fraction of sp³-hybridized carbons (Fsp3) is 0.545. The van der Waals surface area contributed by atoms with E-state index >= 15 is 0 Å². The monoisotopic (exact) mass is 280 g/mol. The highest BCUT2D eigenvalue weighted by Gasteiger charge is 2.06. The molecule has 0 fully saturated rings. The number of nitrogens with zero attached hydrogens (tertiary/aromatic N) is 1. The van der Waals surface area contributed by atoms with Gasteiger partial charge in [-0.25, -0.2) is 4.98 Å². The fourth-order valence-electron chi connectivity index (χ4n) is 1.33. The molecule has 2 nitrogen and oxygen atoms in total. The Morgan fingerprint density at radius 2 is 1.88 bits per heavy atom. The van der Waals surface area contributed by atoms with Gasteiger partial charge in [0.25, 0.3) is 0 Å². The molecule has 0 unspecified atom stereocenters. The van der Waals surface area contributed by atoms with Crippen molar-refractivity contribution < 1.29 is 0 Å². The first kappa shape index (κ1) is 13.9. The Labute approximate surface area is 111 Å². The molecule has 0 aliphatic heterocycles. The van der Waals surface area contributed by atoms with Gasteiger partial charge in [-0.1, -0.05) is 61.0 Å². The van der Waals surface area contributed by atoms with Crippen molar-refractivity contribution in [3.05, 3.63) is 21.3 Å². The van der Waals surface area contributed by atoms with E-state index in [1.54, 1.807) is 6.07 Å². The van der Waals surface area contributed by atoms with Crippen molar-refractivity contribution in [2.75, 3.05) is 11.9 Å². The van der Waals surface area contributed by atoms with E-state index in [4.69, 9.17) is 34.8 Å². The first-order valence-electron chi connectivity index (χ1n) is 5.40. The van der Waals surface area contributed by atoms with Crippen molar-refractivity contribution in [1.29, 1.82) is 0 Å². The lowest BCUT2D eigenvalue weighted by molar-refractivity contribution is 0.684. The van der Waals surface area contributed by atoms with Crippen LogP contribution in [0, 0.1) is 0 Å². The molecule has 0 bridgehead atoms. The molecule has 0 spiro atoms. The molecule has 90 valence electrons. The number of nitrogens with one attached hydrogen (secondary N) is 1. The van der Waals surface area contributed by atoms with Crippen LogP contribution in [0.4, 0.5) is 5.82 Å². The molecule has 1 rings (SSSR count). The quantitative estimate of drug-likeness (QED) is 0.584. The summed E-state index contributed by atoms with van der Waals surface area (Å²) in [6.45, 7) is 3.04. The predicted octanol–water partition coefficient (Wildman–Crippen LogP) is 5.03. The van der Waals surface area contributed by atoms with Crippen molar-refractivity contribution in [3.8, 4) is 0 Å². The Hall–Kier alpha value is -0.180. The van der Waals surface area contributed by atoms with Gasteiger partial charge in [-0.2, -0.15) is 0 Å². The van der Waals surface area contributed by atoms with Crippen LogP contribution in [0.3, 0.4) is 0 Å². The minimum atomic E-state index is 0.280. The lowest BCUT2D eigenvalue weighted by Gasteiger charge is -2.08. The number of aromatic nitrogens is 1. The molecule has 1 aromatic heterocycles. The Morgan fingerprint density at radius 1 is 1.12 bits per heavy atom. The topological polar surface area (TPSA) is 24.9 Å². The van der Waals surface area contributed by atoms with Crippen molar-refractivity contribution in [1.82, 2.24) is 4.98 Å². The maximum atomic E-state index is 5.97. The Bertz CT molecular complexity index is 342. The summed E-state index contributed by atoms with van der Waals surface area (Å²) < 4.78 is 0. The van der Waals surface area contributed by atoms with Crippen molar-refractivity contribution in [2.45, 2.75) is 32.6 Å². The van der Waals surface area contributed by atoms with Crippen LogP contribution in [0.5, 0.6) is 0 Å². The van der Waals surface area contributed by atoms with Gasteiger partial charge in [0, 0.05) is 6.54 Å². The van der Waals surface area contributed by atoms with Gasteiger partial charge in [0.15, 0.2) is 0 Å². The number of rotatable bonds is 6. The summed E-state index contributed by atoms with van der Waals surface area (Å²) in [6, 6.07) is 1.60. The molecule has 0 aliphatic rings. The van der Waals surface area contributed by atoms with Crippen molar-refractivity contribution in [2.24, 2.45) is 0 Å². The lowest BCUT2D eigenvalue weighted by atomic mass is 10.2. The third-order valence-corrected chi connectivity index (χ3v) is 3.17. The molecular weight excluding hydrogens is 266 g/mol. The van der Waals surface area contributed by atoms with Crippen LogP contribution >= 0.6 is 34.8 Å². The highest BCUT2D eigenvalue weighted by molar-refractivity contribution is 6.42. The standard InChI is InChI=1S/C11H15Cl3N2/c1-2-3-4-5-6-15-11-9(13)7-8(12)10(14)16-11/h7H,2-6H2,1H3,(H,15,16). The van der Waals surface area contributed by atoms with E-state index in [-0.39, 0.29) is 5.15 Å². The zero-order chi connectivity index (χ0) is 12.0. The first-order valence-corrected chi connectivity index (χ1v) is 6.54. The number of pyridine rings is 1. The zero-order valence-electron chi connectivity index (χ0n) is 9.19. The van der Waals surface area contributed by atoms with Gasteiger partial charge in [-0.3, -0.25) is 0 Å². The van der Waals surface area contributed by atoms with Crippen LogP contribution in [0.2, 0.25) is 15.2 Å². The Balaban J connectivity index is 2.45. The molecule has 0 aromatic carbocycles. The molecule has 1 aromatic rings. The first-order chi connectivity index (χ1) is 7.65. The normalized spacial score (nSPS) is 10.5. The van der Waals surface area contributed by atoms with Crippen LogP contribution in [0.15, 0.2) is 6.07 Å². The van der Waals surface area contributed by atoms with Gasteiger partial charge in [0.05, 0.1) is 10.0 Å². The molecule has 1 N–H and O–H groups in total. The number of unbranched alkanes of at least 4 members (excludes halogenated alkanes) is 3. The highest BCUT2D eigenvalue weighted by atomic mass is 35.5. The smallest absolute Gasteiger partial charge is 0.150 e. The van der Waals surface area contributed by atoms with E-state index in [1.807, 2.05) is 0 Å². The Kier molecular flexibility index (Phi) is 6.25. The highest BCUT2D eigenvalue weighted by Crippen LogP contribution is 2.28. The molecule has 0 saturated carbocycles. The summed E-state index contributed by atoms with van der Waals surface area (Å²) in [6.07, 6.45) is 4.80.